The summed E-state index contributed by atoms with van der Waals surface area (Å²) in [5.74, 6) is 0.941. The Bertz CT molecular complexity index is 1030. The smallest absolute Gasteiger partial charge is 0.240 e. The maximum Gasteiger partial charge on any atom is 0.240 e. The molecule has 0 bridgehead atoms. The number of para-hydroxylation sites is 1. The lowest BCUT2D eigenvalue weighted by atomic mass is 10.1. The number of carbonyl (C=O) groups is 1. The van der Waals surface area contributed by atoms with Crippen LogP contribution < -0.4 is 4.90 Å². The van der Waals surface area contributed by atoms with Gasteiger partial charge in [-0.25, -0.2) is 0 Å². The number of carbonyl (C=O) groups excluding carboxylic acids is 1. The molecule has 0 N–H and O–H groups in total. The van der Waals surface area contributed by atoms with Gasteiger partial charge in [0, 0.05) is 26.2 Å². The molecule has 3 heterocycles. The molecule has 8 heteroatoms. The summed E-state index contributed by atoms with van der Waals surface area (Å²) in [6.45, 7) is 4.53. The average Bonchev–Trinajstić information content (AvgIpc) is 3.54. The fourth-order valence-corrected chi connectivity index (χ4v) is 5.34. The molecule has 2 aliphatic rings. The topological polar surface area (TPSA) is 63.5 Å². The van der Waals surface area contributed by atoms with Crippen LogP contribution in [-0.4, -0.2) is 65.0 Å². The van der Waals surface area contributed by atoms with Crippen molar-refractivity contribution in [2.75, 3.05) is 44.3 Å². The molecular formula is C24H27N5O2S. The normalized spacial score (nSPS) is 17.5. The summed E-state index contributed by atoms with van der Waals surface area (Å²) in [5, 5.41) is 9.48. The molecule has 0 spiro atoms. The molecule has 1 aromatic heterocycles. The average molecular weight is 450 g/mol. The first-order valence-corrected chi connectivity index (χ1v) is 12.0. The quantitative estimate of drug-likeness (QED) is 0.536. The summed E-state index contributed by atoms with van der Waals surface area (Å²) < 4.78 is 7.60. The monoisotopic (exact) mass is 449 g/mol. The van der Waals surface area contributed by atoms with E-state index in [1.54, 1.807) is 0 Å². The third kappa shape index (κ3) is 4.38. The highest BCUT2D eigenvalue weighted by Crippen LogP contribution is 2.39. The number of anilines is 1. The van der Waals surface area contributed by atoms with Crippen LogP contribution in [0.1, 0.15) is 23.7 Å². The lowest BCUT2D eigenvalue weighted by Gasteiger charge is -2.28. The van der Waals surface area contributed by atoms with Crippen molar-refractivity contribution in [2.45, 2.75) is 23.2 Å². The molecule has 3 aromatic rings. The van der Waals surface area contributed by atoms with E-state index in [0.717, 1.165) is 61.4 Å². The second kappa shape index (κ2) is 9.75. The summed E-state index contributed by atoms with van der Waals surface area (Å²) in [6, 6.07) is 20.1. The molecule has 0 aliphatic carbocycles. The molecule has 166 valence electrons. The van der Waals surface area contributed by atoms with Gasteiger partial charge in [-0.15, -0.1) is 10.2 Å². The summed E-state index contributed by atoms with van der Waals surface area (Å²) in [5.41, 5.74) is 1.98. The number of nitrogens with zero attached hydrogens (tertiary/aromatic N) is 5. The minimum atomic E-state index is -0.362. The molecule has 2 aliphatic heterocycles. The first-order chi connectivity index (χ1) is 15.8. The van der Waals surface area contributed by atoms with Gasteiger partial charge in [0.1, 0.15) is 5.25 Å². The van der Waals surface area contributed by atoms with Gasteiger partial charge in [0.15, 0.2) is 5.16 Å². The van der Waals surface area contributed by atoms with Crippen molar-refractivity contribution in [1.82, 2.24) is 19.7 Å². The zero-order valence-corrected chi connectivity index (χ0v) is 18.8. The summed E-state index contributed by atoms with van der Waals surface area (Å²) in [6.07, 6.45) is 2.14. The van der Waals surface area contributed by atoms with Crippen LogP contribution in [0.5, 0.6) is 0 Å². The number of likely N-dealkylation sites (tertiary alicyclic amines) is 1. The standard InChI is InChI=1S/C24H27N5O2S/c30-22(27-13-7-8-14-27)21(19-9-3-1-4-10-19)32-24-26-25-23(28-15-17-31-18-16-28)29(24)20-11-5-2-6-12-20/h1-6,9-12,21H,7-8,13-18H2. The second-order valence-electron chi connectivity index (χ2n) is 7.99. The van der Waals surface area contributed by atoms with E-state index in [0.29, 0.717) is 13.2 Å². The molecule has 1 atom stereocenters. The number of benzene rings is 2. The van der Waals surface area contributed by atoms with E-state index in [1.807, 2.05) is 53.4 Å². The molecule has 2 aromatic carbocycles. The van der Waals surface area contributed by atoms with Crippen molar-refractivity contribution in [3.05, 3.63) is 66.2 Å². The van der Waals surface area contributed by atoms with E-state index in [4.69, 9.17) is 4.74 Å². The Kier molecular flexibility index (Phi) is 6.41. The highest BCUT2D eigenvalue weighted by Gasteiger charge is 2.31. The van der Waals surface area contributed by atoms with Crippen molar-refractivity contribution in [3.63, 3.8) is 0 Å². The summed E-state index contributed by atoms with van der Waals surface area (Å²) in [7, 11) is 0. The molecule has 1 amide bonds. The van der Waals surface area contributed by atoms with E-state index in [1.165, 1.54) is 11.8 Å². The zero-order chi connectivity index (χ0) is 21.8. The Morgan fingerprint density at radius 1 is 0.875 bits per heavy atom. The highest BCUT2D eigenvalue weighted by atomic mass is 32.2. The minimum absolute atomic E-state index is 0.147. The van der Waals surface area contributed by atoms with Gasteiger partial charge in [0.25, 0.3) is 0 Å². The Hall–Kier alpha value is -2.84. The SMILES string of the molecule is O=C(C(Sc1nnc(N2CCOCC2)n1-c1ccccc1)c1ccccc1)N1CCCC1. The van der Waals surface area contributed by atoms with E-state index in [9.17, 15) is 4.79 Å². The van der Waals surface area contributed by atoms with E-state index >= 15 is 0 Å². The third-order valence-electron chi connectivity index (χ3n) is 5.89. The van der Waals surface area contributed by atoms with Crippen molar-refractivity contribution in [2.24, 2.45) is 0 Å². The Morgan fingerprint density at radius 2 is 1.53 bits per heavy atom. The van der Waals surface area contributed by atoms with Crippen LogP contribution in [0.3, 0.4) is 0 Å². The largest absolute Gasteiger partial charge is 0.378 e. The number of ether oxygens (including phenoxy) is 1. The molecule has 0 radical (unpaired) electrons. The van der Waals surface area contributed by atoms with Crippen LogP contribution in [0, 0.1) is 0 Å². The predicted octanol–water partition coefficient (Wildman–Crippen LogP) is 3.56. The van der Waals surface area contributed by atoms with Gasteiger partial charge in [-0.3, -0.25) is 9.36 Å². The maximum absolute atomic E-state index is 13.5. The number of hydrogen-bond acceptors (Lipinski definition) is 6. The molecule has 0 saturated carbocycles. The fourth-order valence-electron chi connectivity index (χ4n) is 4.21. The molecular weight excluding hydrogens is 422 g/mol. The van der Waals surface area contributed by atoms with Gasteiger partial charge < -0.3 is 14.5 Å². The van der Waals surface area contributed by atoms with Gasteiger partial charge in [-0.05, 0) is 30.5 Å². The predicted molar refractivity (Wildman–Crippen MR) is 125 cm³/mol. The molecule has 1 unspecified atom stereocenters. The van der Waals surface area contributed by atoms with Gasteiger partial charge in [0.2, 0.25) is 11.9 Å². The first kappa shape index (κ1) is 21.0. The lowest BCUT2D eigenvalue weighted by molar-refractivity contribution is -0.129. The van der Waals surface area contributed by atoms with Crippen LogP contribution in [0.15, 0.2) is 65.8 Å². The van der Waals surface area contributed by atoms with Gasteiger partial charge >= 0.3 is 0 Å². The van der Waals surface area contributed by atoms with Crippen molar-refractivity contribution in [3.8, 4) is 5.69 Å². The van der Waals surface area contributed by atoms with E-state index < -0.39 is 0 Å². The molecule has 32 heavy (non-hydrogen) atoms. The minimum Gasteiger partial charge on any atom is -0.378 e. The van der Waals surface area contributed by atoms with Crippen molar-refractivity contribution < 1.29 is 9.53 Å². The van der Waals surface area contributed by atoms with E-state index in [-0.39, 0.29) is 11.2 Å². The molecule has 5 rings (SSSR count). The maximum atomic E-state index is 13.5. The Balaban J connectivity index is 1.53. The zero-order valence-electron chi connectivity index (χ0n) is 18.0. The Labute approximate surface area is 192 Å². The van der Waals surface area contributed by atoms with Crippen LogP contribution in [0.2, 0.25) is 0 Å². The number of rotatable bonds is 6. The summed E-state index contributed by atoms with van der Waals surface area (Å²) in [4.78, 5) is 17.7. The van der Waals surface area contributed by atoms with Gasteiger partial charge in [-0.1, -0.05) is 60.3 Å². The number of hydrogen-bond donors (Lipinski definition) is 0. The van der Waals surface area contributed by atoms with Crippen LogP contribution in [0.4, 0.5) is 5.95 Å². The number of thioether (sulfide) groups is 1. The number of morpholine rings is 1. The Morgan fingerprint density at radius 3 is 2.22 bits per heavy atom. The summed E-state index contributed by atoms with van der Waals surface area (Å²) >= 11 is 1.48. The van der Waals surface area contributed by atoms with Gasteiger partial charge in [-0.2, -0.15) is 0 Å². The van der Waals surface area contributed by atoms with Gasteiger partial charge in [0.05, 0.1) is 18.9 Å². The second-order valence-corrected chi connectivity index (χ2v) is 9.07. The number of amides is 1. The molecule has 7 nitrogen and oxygen atoms in total. The fraction of sp³-hybridized carbons (Fsp3) is 0.375. The molecule has 2 saturated heterocycles. The first-order valence-electron chi connectivity index (χ1n) is 11.2. The lowest BCUT2D eigenvalue weighted by Crippen LogP contribution is -2.38. The van der Waals surface area contributed by atoms with Crippen LogP contribution >= 0.6 is 11.8 Å². The van der Waals surface area contributed by atoms with E-state index in [2.05, 4.69) is 31.8 Å². The molecule has 2 fully saturated rings. The van der Waals surface area contributed by atoms with Crippen molar-refractivity contribution >= 4 is 23.6 Å². The number of aromatic nitrogens is 3. The highest BCUT2D eigenvalue weighted by molar-refractivity contribution is 8.00. The van der Waals surface area contributed by atoms with Crippen molar-refractivity contribution in [1.29, 1.82) is 0 Å². The third-order valence-corrected chi connectivity index (χ3v) is 7.08. The van der Waals surface area contributed by atoms with Crippen LogP contribution in [0.25, 0.3) is 5.69 Å². The van der Waals surface area contributed by atoms with Crippen LogP contribution in [-0.2, 0) is 9.53 Å².